The monoisotopic (exact) mass is 404 g/mol. The topological polar surface area (TPSA) is 32.8 Å². The lowest BCUT2D eigenvalue weighted by Gasteiger charge is -2.41. The fraction of sp³-hybridized carbons (Fsp3) is 0.409. The molecule has 0 bridgehead atoms. The number of amides is 1. The molecule has 150 valence electrons. The van der Waals surface area contributed by atoms with Crippen molar-refractivity contribution in [2.45, 2.75) is 32.4 Å². The highest BCUT2D eigenvalue weighted by molar-refractivity contribution is 6.30. The van der Waals surface area contributed by atoms with Crippen molar-refractivity contribution < 1.29 is 13.9 Å². The predicted molar refractivity (Wildman–Crippen MR) is 109 cm³/mol. The zero-order valence-electron chi connectivity index (χ0n) is 16.1. The third kappa shape index (κ3) is 5.69. The van der Waals surface area contributed by atoms with Crippen molar-refractivity contribution in [3.63, 3.8) is 0 Å². The number of ether oxygens (including phenoxy) is 1. The number of rotatable bonds is 7. The molecule has 1 unspecified atom stereocenters. The zero-order valence-corrected chi connectivity index (χ0v) is 16.9. The first-order chi connectivity index (χ1) is 13.5. The number of carbonyl (C=O) groups excluding carboxylic acids is 1. The molecule has 4 nitrogen and oxygen atoms in total. The Hall–Kier alpha value is -2.11. The molecule has 1 amide bonds. The van der Waals surface area contributed by atoms with Crippen LogP contribution in [0.3, 0.4) is 0 Å². The Kier molecular flexibility index (Phi) is 7.29. The molecule has 0 N–H and O–H groups in total. The van der Waals surface area contributed by atoms with Crippen LogP contribution in [-0.2, 0) is 11.3 Å². The van der Waals surface area contributed by atoms with E-state index in [-0.39, 0.29) is 24.4 Å². The van der Waals surface area contributed by atoms with Crippen LogP contribution in [0.15, 0.2) is 48.5 Å². The maximum absolute atomic E-state index is 13.1. The van der Waals surface area contributed by atoms with E-state index in [1.165, 1.54) is 12.1 Å². The fourth-order valence-electron chi connectivity index (χ4n) is 3.58. The molecule has 2 aromatic rings. The molecule has 28 heavy (non-hydrogen) atoms. The van der Waals surface area contributed by atoms with Crippen LogP contribution in [0.4, 0.5) is 4.39 Å². The minimum absolute atomic E-state index is 0.00910. The molecule has 0 aromatic heterocycles. The molecular formula is C22H26ClFN2O2. The van der Waals surface area contributed by atoms with Crippen LogP contribution in [0, 0.1) is 5.82 Å². The number of piperazine rings is 1. The first kappa shape index (κ1) is 20.6. The standard InChI is InChI=1S/C22H26ClFN2O2/c1-2-3-20-15-25(14-17-4-8-19(24)9-5-17)12-13-26(20)22(27)16-28-21-10-6-18(23)7-11-21/h4-11,20H,2-3,12-16H2,1H3. The first-order valence-electron chi connectivity index (χ1n) is 9.70. The van der Waals surface area contributed by atoms with E-state index in [0.717, 1.165) is 38.0 Å². The molecule has 1 aliphatic rings. The van der Waals surface area contributed by atoms with E-state index in [4.69, 9.17) is 16.3 Å². The van der Waals surface area contributed by atoms with E-state index >= 15 is 0 Å². The smallest absolute Gasteiger partial charge is 0.260 e. The van der Waals surface area contributed by atoms with Gasteiger partial charge in [-0.3, -0.25) is 9.69 Å². The van der Waals surface area contributed by atoms with Gasteiger partial charge in [-0.15, -0.1) is 0 Å². The second-order valence-corrected chi connectivity index (χ2v) is 7.57. The molecule has 0 saturated carbocycles. The highest BCUT2D eigenvalue weighted by atomic mass is 35.5. The van der Waals surface area contributed by atoms with Crippen LogP contribution in [0.1, 0.15) is 25.3 Å². The van der Waals surface area contributed by atoms with E-state index in [1.54, 1.807) is 24.3 Å². The Morgan fingerprint density at radius 2 is 1.86 bits per heavy atom. The molecule has 1 aliphatic heterocycles. The highest BCUT2D eigenvalue weighted by Crippen LogP contribution is 2.19. The van der Waals surface area contributed by atoms with Crippen LogP contribution in [0.5, 0.6) is 5.75 Å². The second-order valence-electron chi connectivity index (χ2n) is 7.13. The van der Waals surface area contributed by atoms with Gasteiger partial charge in [-0.25, -0.2) is 4.39 Å². The number of hydrogen-bond acceptors (Lipinski definition) is 3. The maximum Gasteiger partial charge on any atom is 0.260 e. The fourth-order valence-corrected chi connectivity index (χ4v) is 3.70. The summed E-state index contributed by atoms with van der Waals surface area (Å²) in [5.41, 5.74) is 1.09. The molecule has 1 heterocycles. The minimum Gasteiger partial charge on any atom is -0.484 e. The number of hydrogen-bond donors (Lipinski definition) is 0. The summed E-state index contributed by atoms with van der Waals surface area (Å²) in [5, 5.41) is 0.638. The molecule has 1 atom stereocenters. The summed E-state index contributed by atoms with van der Waals surface area (Å²) in [7, 11) is 0. The summed E-state index contributed by atoms with van der Waals surface area (Å²) in [5.74, 6) is 0.429. The first-order valence-corrected chi connectivity index (χ1v) is 10.1. The molecule has 6 heteroatoms. The molecule has 3 rings (SSSR count). The summed E-state index contributed by atoms with van der Waals surface area (Å²) in [6.07, 6.45) is 1.96. The number of nitrogens with zero attached hydrogens (tertiary/aromatic N) is 2. The summed E-state index contributed by atoms with van der Waals surface area (Å²) in [6.45, 7) is 5.21. The van der Waals surface area contributed by atoms with Crippen LogP contribution < -0.4 is 4.74 Å². The summed E-state index contributed by atoms with van der Waals surface area (Å²) in [6, 6.07) is 13.8. The van der Waals surface area contributed by atoms with Gasteiger partial charge in [0.25, 0.3) is 5.91 Å². The summed E-state index contributed by atoms with van der Waals surface area (Å²) in [4.78, 5) is 17.0. The quantitative estimate of drug-likeness (QED) is 0.686. The molecule has 0 radical (unpaired) electrons. The van der Waals surface area contributed by atoms with Gasteiger partial charge in [-0.1, -0.05) is 37.1 Å². The summed E-state index contributed by atoms with van der Waals surface area (Å²) < 4.78 is 18.7. The van der Waals surface area contributed by atoms with Gasteiger partial charge in [0.2, 0.25) is 0 Å². The van der Waals surface area contributed by atoms with Crippen molar-refractivity contribution in [2.75, 3.05) is 26.2 Å². The molecule has 1 fully saturated rings. The van der Waals surface area contributed by atoms with Gasteiger partial charge in [-0.2, -0.15) is 0 Å². The Morgan fingerprint density at radius 1 is 1.14 bits per heavy atom. The van der Waals surface area contributed by atoms with Crippen molar-refractivity contribution in [2.24, 2.45) is 0 Å². The van der Waals surface area contributed by atoms with E-state index < -0.39 is 0 Å². The van der Waals surface area contributed by atoms with Crippen LogP contribution in [0.2, 0.25) is 5.02 Å². The lowest BCUT2D eigenvalue weighted by Crippen LogP contribution is -2.55. The van der Waals surface area contributed by atoms with Crippen molar-refractivity contribution in [3.8, 4) is 5.75 Å². The molecular weight excluding hydrogens is 379 g/mol. The molecule has 1 saturated heterocycles. The van der Waals surface area contributed by atoms with Crippen molar-refractivity contribution in [3.05, 3.63) is 64.9 Å². The average molecular weight is 405 g/mol. The van der Waals surface area contributed by atoms with E-state index in [1.807, 2.05) is 17.0 Å². The van der Waals surface area contributed by atoms with Gasteiger partial charge < -0.3 is 9.64 Å². The van der Waals surface area contributed by atoms with Gasteiger partial charge in [-0.05, 0) is 48.4 Å². The molecule has 2 aromatic carbocycles. The van der Waals surface area contributed by atoms with Gasteiger partial charge >= 0.3 is 0 Å². The Labute approximate surface area is 170 Å². The maximum atomic E-state index is 13.1. The lowest BCUT2D eigenvalue weighted by molar-refractivity contribution is -0.138. The van der Waals surface area contributed by atoms with Crippen LogP contribution in [-0.4, -0.2) is 48.0 Å². The number of carbonyl (C=O) groups is 1. The van der Waals surface area contributed by atoms with Gasteiger partial charge in [0.15, 0.2) is 6.61 Å². The van der Waals surface area contributed by atoms with Crippen molar-refractivity contribution in [1.29, 1.82) is 0 Å². The highest BCUT2D eigenvalue weighted by Gasteiger charge is 2.30. The Bertz CT molecular complexity index is 767. The van der Waals surface area contributed by atoms with Gasteiger partial charge in [0.05, 0.1) is 0 Å². The van der Waals surface area contributed by atoms with E-state index in [2.05, 4.69) is 11.8 Å². The predicted octanol–water partition coefficient (Wildman–Crippen LogP) is 4.37. The molecule has 0 spiro atoms. The Morgan fingerprint density at radius 3 is 2.54 bits per heavy atom. The number of halogens is 2. The minimum atomic E-state index is -0.219. The van der Waals surface area contributed by atoms with Crippen molar-refractivity contribution in [1.82, 2.24) is 9.80 Å². The number of benzene rings is 2. The van der Waals surface area contributed by atoms with Crippen molar-refractivity contribution >= 4 is 17.5 Å². The van der Waals surface area contributed by atoms with Crippen LogP contribution >= 0.6 is 11.6 Å². The summed E-state index contributed by atoms with van der Waals surface area (Å²) >= 11 is 5.88. The van der Waals surface area contributed by atoms with Gasteiger partial charge in [0, 0.05) is 37.2 Å². The van der Waals surface area contributed by atoms with E-state index in [9.17, 15) is 9.18 Å². The van der Waals surface area contributed by atoms with E-state index in [0.29, 0.717) is 17.3 Å². The third-order valence-corrected chi connectivity index (χ3v) is 5.26. The lowest BCUT2D eigenvalue weighted by atomic mass is 10.1. The third-order valence-electron chi connectivity index (χ3n) is 5.00. The largest absolute Gasteiger partial charge is 0.484 e. The zero-order chi connectivity index (χ0) is 19.9. The average Bonchev–Trinajstić information content (AvgIpc) is 2.70. The molecule has 0 aliphatic carbocycles. The second kappa shape index (κ2) is 9.89. The van der Waals surface area contributed by atoms with Crippen LogP contribution in [0.25, 0.3) is 0 Å². The van der Waals surface area contributed by atoms with Gasteiger partial charge in [0.1, 0.15) is 11.6 Å². The normalized spacial score (nSPS) is 17.5. The SMILES string of the molecule is CCCC1CN(Cc2ccc(F)cc2)CCN1C(=O)COc1ccc(Cl)cc1. The Balaban J connectivity index is 1.56.